The second-order valence-electron chi connectivity index (χ2n) is 8.13. The molecule has 0 radical (unpaired) electrons. The third kappa shape index (κ3) is 6.66. The van der Waals surface area contributed by atoms with Crippen LogP contribution in [0.1, 0.15) is 62.0 Å². The molecule has 174 valence electrons. The molecule has 0 saturated heterocycles. The highest BCUT2D eigenvalue weighted by molar-refractivity contribution is 5.91. The van der Waals surface area contributed by atoms with Gasteiger partial charge in [0.25, 0.3) is 0 Å². The molecule has 1 aliphatic carbocycles. The lowest BCUT2D eigenvalue weighted by atomic mass is 9.96. The molecule has 0 aromatic carbocycles. The summed E-state index contributed by atoms with van der Waals surface area (Å²) in [5.41, 5.74) is -0.0774. The number of aromatic amines is 1. The molecule has 3 atom stereocenters. The molecule has 0 spiro atoms. The van der Waals surface area contributed by atoms with E-state index in [1.807, 2.05) is 6.92 Å². The second-order valence-corrected chi connectivity index (χ2v) is 8.13. The number of nitrogens with one attached hydrogen (secondary N) is 3. The lowest BCUT2D eigenvalue weighted by Gasteiger charge is -2.14. The molecule has 3 rings (SSSR count). The maximum Gasteiger partial charge on any atom is 0.434 e. The number of carbonyl (C=O) groups excluding carboxylic acids is 1. The molecule has 2 aromatic rings. The van der Waals surface area contributed by atoms with Gasteiger partial charge in [0.15, 0.2) is 11.5 Å². The maximum atomic E-state index is 12.5. The molecule has 2 amide bonds. The van der Waals surface area contributed by atoms with Gasteiger partial charge < -0.3 is 15.7 Å². The molecule has 2 unspecified atom stereocenters. The summed E-state index contributed by atoms with van der Waals surface area (Å²) in [7, 11) is 0. The molecule has 9 nitrogen and oxygen atoms in total. The Morgan fingerprint density at radius 3 is 2.72 bits per heavy atom. The van der Waals surface area contributed by atoms with Gasteiger partial charge in [-0.2, -0.15) is 18.3 Å². The van der Waals surface area contributed by atoms with E-state index in [0.717, 1.165) is 44.0 Å². The van der Waals surface area contributed by atoms with Gasteiger partial charge in [-0.25, -0.2) is 9.78 Å². The number of nitrogens with zero attached hydrogens (tertiary/aromatic N) is 3. The number of carbonyl (C=O) groups is 2. The summed E-state index contributed by atoms with van der Waals surface area (Å²) in [5.74, 6) is 0.660. The Kier molecular flexibility index (Phi) is 7.31. The summed E-state index contributed by atoms with van der Waals surface area (Å²) in [6.45, 7) is 1.85. The molecule has 1 fully saturated rings. The third-order valence-electron chi connectivity index (χ3n) is 5.56. The second kappa shape index (κ2) is 9.96. The van der Waals surface area contributed by atoms with E-state index in [-0.39, 0.29) is 24.1 Å². The van der Waals surface area contributed by atoms with Crippen LogP contribution in [0, 0.1) is 5.92 Å². The lowest BCUT2D eigenvalue weighted by molar-refractivity contribution is -0.141. The van der Waals surface area contributed by atoms with Crippen molar-refractivity contribution in [3.8, 4) is 0 Å². The fourth-order valence-electron chi connectivity index (χ4n) is 3.94. The first-order valence-corrected chi connectivity index (χ1v) is 10.3. The van der Waals surface area contributed by atoms with Crippen molar-refractivity contribution in [3.63, 3.8) is 0 Å². The quantitative estimate of drug-likeness (QED) is 0.481. The van der Waals surface area contributed by atoms with Crippen LogP contribution in [0.5, 0.6) is 0 Å². The number of hydrogen-bond acceptors (Lipinski definition) is 5. The Morgan fingerprint density at radius 1 is 1.28 bits per heavy atom. The van der Waals surface area contributed by atoms with Gasteiger partial charge in [-0.15, -0.1) is 0 Å². The van der Waals surface area contributed by atoms with E-state index in [2.05, 4.69) is 30.8 Å². The number of amides is 2. The zero-order valence-electron chi connectivity index (χ0n) is 17.4. The minimum atomic E-state index is -4.58. The number of rotatable bonds is 8. The van der Waals surface area contributed by atoms with Crippen LogP contribution >= 0.6 is 0 Å². The first-order valence-electron chi connectivity index (χ1n) is 10.3. The van der Waals surface area contributed by atoms with Crippen molar-refractivity contribution < 1.29 is 27.9 Å². The topological polar surface area (TPSA) is 133 Å². The predicted molar refractivity (Wildman–Crippen MR) is 108 cm³/mol. The highest BCUT2D eigenvalue weighted by Crippen LogP contribution is 2.40. The smallest absolute Gasteiger partial charge is 0.434 e. The normalized spacial score (nSPS) is 19.5. The first-order chi connectivity index (χ1) is 15.1. The summed E-state index contributed by atoms with van der Waals surface area (Å²) in [6, 6.07) is 1.67. The van der Waals surface area contributed by atoms with Crippen molar-refractivity contribution in [2.75, 3.05) is 5.32 Å². The number of alkyl halides is 3. The molecule has 0 aliphatic heterocycles. The number of anilines is 1. The van der Waals surface area contributed by atoms with Gasteiger partial charge in [0.05, 0.1) is 18.3 Å². The number of carboxylic acid groups (broad SMARTS) is 1. The molecule has 12 heteroatoms. The molecular formula is C20H25F3N6O3. The van der Waals surface area contributed by atoms with Gasteiger partial charge in [-0.05, 0) is 44.9 Å². The average molecular weight is 454 g/mol. The number of aromatic nitrogens is 4. The molecule has 0 bridgehead atoms. The van der Waals surface area contributed by atoms with E-state index in [4.69, 9.17) is 5.11 Å². The minimum Gasteiger partial charge on any atom is -0.465 e. The third-order valence-corrected chi connectivity index (χ3v) is 5.56. The highest BCUT2D eigenvalue weighted by Gasteiger charge is 2.33. The van der Waals surface area contributed by atoms with Gasteiger partial charge in [0.2, 0.25) is 5.91 Å². The zero-order valence-corrected chi connectivity index (χ0v) is 17.4. The van der Waals surface area contributed by atoms with Gasteiger partial charge in [-0.1, -0.05) is 0 Å². The van der Waals surface area contributed by atoms with Crippen LogP contribution in [0.4, 0.5) is 23.8 Å². The molecule has 1 aliphatic rings. The fraction of sp³-hybridized carbons (Fsp3) is 0.550. The maximum absolute atomic E-state index is 12.5. The molecule has 4 N–H and O–H groups in total. The van der Waals surface area contributed by atoms with E-state index >= 15 is 0 Å². The zero-order chi connectivity index (χ0) is 23.3. The van der Waals surface area contributed by atoms with E-state index < -0.39 is 23.9 Å². The van der Waals surface area contributed by atoms with Crippen molar-refractivity contribution in [2.24, 2.45) is 5.92 Å². The van der Waals surface area contributed by atoms with Crippen LogP contribution in [0.15, 0.2) is 18.5 Å². The SMILES string of the molecule is C[C@@H](CCC1CCC(c2cc(NC(=O)Cc3cnc(C(F)(F)F)cn3)n[nH]2)C1)NC(=O)O. The van der Waals surface area contributed by atoms with Crippen LogP contribution in [0.25, 0.3) is 0 Å². The number of hydrogen-bond donors (Lipinski definition) is 4. The van der Waals surface area contributed by atoms with Gasteiger partial charge in [-0.3, -0.25) is 14.9 Å². The number of H-pyrrole nitrogens is 1. The molecular weight excluding hydrogens is 429 g/mol. The Bertz CT molecular complexity index is 931. The first kappa shape index (κ1) is 23.5. The minimum absolute atomic E-state index is 0.0881. The predicted octanol–water partition coefficient (Wildman–Crippen LogP) is 3.72. The van der Waals surface area contributed by atoms with E-state index in [9.17, 15) is 22.8 Å². The van der Waals surface area contributed by atoms with Crippen LogP contribution in [0.3, 0.4) is 0 Å². The van der Waals surface area contributed by atoms with E-state index in [1.165, 1.54) is 0 Å². The Labute approximate surface area is 182 Å². The van der Waals surface area contributed by atoms with E-state index in [1.54, 1.807) is 6.07 Å². The Balaban J connectivity index is 1.46. The van der Waals surface area contributed by atoms with Crippen molar-refractivity contribution in [2.45, 2.75) is 63.6 Å². The van der Waals surface area contributed by atoms with Gasteiger partial charge in [0.1, 0.15) is 0 Å². The fourth-order valence-corrected chi connectivity index (χ4v) is 3.94. The Hall–Kier alpha value is -3.18. The van der Waals surface area contributed by atoms with Crippen LogP contribution in [-0.4, -0.2) is 43.3 Å². The largest absolute Gasteiger partial charge is 0.465 e. The lowest BCUT2D eigenvalue weighted by Crippen LogP contribution is -2.31. The monoisotopic (exact) mass is 454 g/mol. The molecule has 2 aromatic heterocycles. The van der Waals surface area contributed by atoms with Crippen molar-refractivity contribution >= 4 is 17.8 Å². The van der Waals surface area contributed by atoms with E-state index in [0.29, 0.717) is 17.9 Å². The van der Waals surface area contributed by atoms with Crippen LogP contribution in [-0.2, 0) is 17.4 Å². The molecule has 2 heterocycles. The summed E-state index contributed by atoms with van der Waals surface area (Å²) in [5, 5.41) is 20.9. The van der Waals surface area contributed by atoms with Crippen molar-refractivity contribution in [3.05, 3.63) is 35.5 Å². The molecule has 32 heavy (non-hydrogen) atoms. The van der Waals surface area contributed by atoms with Gasteiger partial charge >= 0.3 is 12.3 Å². The van der Waals surface area contributed by atoms with Gasteiger partial charge in [0, 0.05) is 29.9 Å². The summed E-state index contributed by atoms with van der Waals surface area (Å²) >= 11 is 0. The van der Waals surface area contributed by atoms with Crippen molar-refractivity contribution in [1.82, 2.24) is 25.5 Å². The van der Waals surface area contributed by atoms with Crippen LogP contribution in [0.2, 0.25) is 0 Å². The standard InChI is InChI=1S/C20H25F3N6O3/c1-11(26-19(31)32)2-3-12-4-5-13(6-12)15-8-17(29-28-15)27-18(30)7-14-9-25-16(10-24-14)20(21,22)23/h8-13,26H,2-7H2,1H3,(H,31,32)(H2,27,28,29,30)/t11-,12?,13?/m0/s1. The summed E-state index contributed by atoms with van der Waals surface area (Å²) in [4.78, 5) is 29.8. The molecule has 1 saturated carbocycles. The number of halogens is 3. The van der Waals surface area contributed by atoms with Crippen molar-refractivity contribution in [1.29, 1.82) is 0 Å². The average Bonchev–Trinajstić information content (AvgIpc) is 3.35. The highest BCUT2D eigenvalue weighted by atomic mass is 19.4. The Morgan fingerprint density at radius 2 is 2.06 bits per heavy atom. The van der Waals surface area contributed by atoms with Crippen LogP contribution < -0.4 is 10.6 Å². The summed E-state index contributed by atoms with van der Waals surface area (Å²) in [6.07, 6.45) is 0.405. The summed E-state index contributed by atoms with van der Waals surface area (Å²) < 4.78 is 37.6.